The van der Waals surface area contributed by atoms with E-state index in [9.17, 15) is 9.90 Å². The fourth-order valence-corrected chi connectivity index (χ4v) is 4.19. The van der Waals surface area contributed by atoms with Crippen molar-refractivity contribution in [3.05, 3.63) is 30.1 Å². The van der Waals surface area contributed by atoms with Gasteiger partial charge in [0.05, 0.1) is 12.1 Å². The Balaban J connectivity index is 1.56. The van der Waals surface area contributed by atoms with Crippen molar-refractivity contribution in [3.8, 4) is 0 Å². The summed E-state index contributed by atoms with van der Waals surface area (Å²) in [5, 5.41) is 10.9. The van der Waals surface area contributed by atoms with Crippen LogP contribution in [0.4, 0.5) is 0 Å². The Hall–Kier alpha value is -1.46. The zero-order valence-electron chi connectivity index (χ0n) is 14.8. The zero-order valence-corrected chi connectivity index (χ0v) is 14.8. The summed E-state index contributed by atoms with van der Waals surface area (Å²) < 4.78 is 0. The minimum absolute atomic E-state index is 0.238. The predicted octanol–water partition coefficient (Wildman–Crippen LogP) is 2.15. The van der Waals surface area contributed by atoms with E-state index in [4.69, 9.17) is 0 Å². The fraction of sp³-hybridized carbons (Fsp3) is 0.684. The van der Waals surface area contributed by atoms with Crippen LogP contribution in [-0.2, 0) is 10.4 Å². The number of hydrogen-bond acceptors (Lipinski definition) is 4. The Morgan fingerprint density at radius 3 is 2.54 bits per heavy atom. The molecular weight excluding hydrogens is 302 g/mol. The number of nitrogens with zero attached hydrogens (tertiary/aromatic N) is 3. The van der Waals surface area contributed by atoms with Crippen molar-refractivity contribution in [3.63, 3.8) is 0 Å². The summed E-state index contributed by atoms with van der Waals surface area (Å²) in [6, 6.07) is 4.49. The molecule has 3 rings (SSSR count). The van der Waals surface area contributed by atoms with Gasteiger partial charge in [-0.05, 0) is 52.0 Å². The number of piperidine rings is 2. The summed E-state index contributed by atoms with van der Waals surface area (Å²) in [6.45, 7) is 6.27. The van der Waals surface area contributed by atoms with Gasteiger partial charge in [-0.25, -0.2) is 0 Å². The molecule has 5 nitrogen and oxygen atoms in total. The number of aliphatic hydroxyl groups is 1. The second-order valence-corrected chi connectivity index (χ2v) is 7.48. The lowest BCUT2D eigenvalue weighted by atomic mass is 9.85. The molecule has 0 spiro atoms. The van der Waals surface area contributed by atoms with Crippen molar-refractivity contribution in [1.29, 1.82) is 0 Å². The largest absolute Gasteiger partial charge is 0.385 e. The Labute approximate surface area is 144 Å². The van der Waals surface area contributed by atoms with Crippen LogP contribution in [0.25, 0.3) is 0 Å². The van der Waals surface area contributed by atoms with Gasteiger partial charge in [-0.2, -0.15) is 0 Å². The minimum Gasteiger partial charge on any atom is -0.385 e. The summed E-state index contributed by atoms with van der Waals surface area (Å²) in [7, 11) is 0. The van der Waals surface area contributed by atoms with Crippen molar-refractivity contribution in [2.75, 3.05) is 19.6 Å². The number of carbonyl (C=O) groups excluding carboxylic acids is 1. The molecule has 1 amide bonds. The predicted molar refractivity (Wildman–Crippen MR) is 93.4 cm³/mol. The standard InChI is InChI=1S/C19H29N3O2/c1-15-5-3-6-16(2)22(15)18(23)14-21-11-8-19(24,9-12-21)17-7-4-10-20-13-17/h4,7,10,13,15-16,24H,3,5-6,8-9,11-12,14H2,1-2H3/t15-,16-/m0/s1. The van der Waals surface area contributed by atoms with Gasteiger partial charge in [-0.1, -0.05) is 6.07 Å². The van der Waals surface area contributed by atoms with Crippen LogP contribution in [0.2, 0.25) is 0 Å². The third-order valence-electron chi connectivity index (χ3n) is 5.72. The van der Waals surface area contributed by atoms with Gasteiger partial charge in [0.2, 0.25) is 5.91 Å². The van der Waals surface area contributed by atoms with Crippen molar-refractivity contribution in [2.24, 2.45) is 0 Å². The molecule has 1 aromatic rings. The molecule has 0 saturated carbocycles. The quantitative estimate of drug-likeness (QED) is 0.922. The lowest BCUT2D eigenvalue weighted by molar-refractivity contribution is -0.139. The monoisotopic (exact) mass is 331 g/mol. The van der Waals surface area contributed by atoms with E-state index in [1.54, 1.807) is 12.4 Å². The molecule has 2 aliphatic heterocycles. The van der Waals surface area contributed by atoms with Gasteiger partial charge in [0, 0.05) is 43.1 Å². The number of amides is 1. The molecule has 132 valence electrons. The zero-order chi connectivity index (χ0) is 17.2. The summed E-state index contributed by atoms with van der Waals surface area (Å²) in [5.74, 6) is 0.238. The van der Waals surface area contributed by atoms with Gasteiger partial charge in [-0.15, -0.1) is 0 Å². The molecule has 24 heavy (non-hydrogen) atoms. The maximum atomic E-state index is 12.7. The minimum atomic E-state index is -0.806. The van der Waals surface area contributed by atoms with E-state index in [1.165, 1.54) is 6.42 Å². The van der Waals surface area contributed by atoms with Crippen LogP contribution in [0, 0.1) is 0 Å². The van der Waals surface area contributed by atoms with Crippen molar-refractivity contribution < 1.29 is 9.90 Å². The molecule has 0 aliphatic carbocycles. The Morgan fingerprint density at radius 1 is 1.29 bits per heavy atom. The molecule has 0 bridgehead atoms. The molecule has 2 saturated heterocycles. The molecule has 0 unspecified atom stereocenters. The van der Waals surface area contributed by atoms with E-state index >= 15 is 0 Å². The maximum absolute atomic E-state index is 12.7. The lowest BCUT2D eigenvalue weighted by Crippen LogP contribution is -2.52. The van der Waals surface area contributed by atoms with Crippen LogP contribution in [-0.4, -0.2) is 57.5 Å². The van der Waals surface area contributed by atoms with Crippen molar-refractivity contribution in [1.82, 2.24) is 14.8 Å². The molecule has 2 aliphatic rings. The van der Waals surface area contributed by atoms with Crippen LogP contribution < -0.4 is 0 Å². The lowest BCUT2D eigenvalue weighted by Gasteiger charge is -2.42. The number of likely N-dealkylation sites (tertiary alicyclic amines) is 2. The van der Waals surface area contributed by atoms with Gasteiger partial charge < -0.3 is 10.0 Å². The molecule has 2 atom stereocenters. The molecule has 1 N–H and O–H groups in total. The number of carbonyl (C=O) groups is 1. The molecule has 2 fully saturated rings. The summed E-state index contributed by atoms with van der Waals surface area (Å²) in [6.07, 6.45) is 8.20. The number of pyridine rings is 1. The topological polar surface area (TPSA) is 56.7 Å². The highest BCUT2D eigenvalue weighted by atomic mass is 16.3. The highest BCUT2D eigenvalue weighted by Gasteiger charge is 2.36. The van der Waals surface area contributed by atoms with Crippen molar-refractivity contribution in [2.45, 2.75) is 63.6 Å². The van der Waals surface area contributed by atoms with Gasteiger partial charge in [0.25, 0.3) is 0 Å². The van der Waals surface area contributed by atoms with Crippen molar-refractivity contribution >= 4 is 5.91 Å². The summed E-state index contributed by atoms with van der Waals surface area (Å²) in [4.78, 5) is 21.1. The van der Waals surface area contributed by atoms with E-state index < -0.39 is 5.60 Å². The first-order chi connectivity index (χ1) is 11.5. The first-order valence-corrected chi connectivity index (χ1v) is 9.16. The van der Waals surface area contributed by atoms with E-state index in [-0.39, 0.29) is 5.91 Å². The molecule has 0 aromatic carbocycles. The van der Waals surface area contributed by atoms with Crippen LogP contribution >= 0.6 is 0 Å². The number of aromatic nitrogens is 1. The third-order valence-corrected chi connectivity index (χ3v) is 5.72. The highest BCUT2D eigenvalue weighted by molar-refractivity contribution is 5.79. The molecule has 3 heterocycles. The van der Waals surface area contributed by atoms with E-state index in [0.717, 1.165) is 31.5 Å². The third kappa shape index (κ3) is 3.62. The van der Waals surface area contributed by atoms with Gasteiger partial charge >= 0.3 is 0 Å². The molecular formula is C19H29N3O2. The Morgan fingerprint density at radius 2 is 1.96 bits per heavy atom. The smallest absolute Gasteiger partial charge is 0.237 e. The normalized spacial score (nSPS) is 27.9. The molecule has 1 aromatic heterocycles. The Bertz CT molecular complexity index is 545. The van der Waals surface area contributed by atoms with Gasteiger partial charge in [0.1, 0.15) is 0 Å². The summed E-state index contributed by atoms with van der Waals surface area (Å²) >= 11 is 0. The van der Waals surface area contributed by atoms with E-state index in [0.29, 0.717) is 31.5 Å². The van der Waals surface area contributed by atoms with Crippen LogP contribution in [0.1, 0.15) is 51.5 Å². The number of hydrogen-bond donors (Lipinski definition) is 1. The first kappa shape index (κ1) is 17.4. The average molecular weight is 331 g/mol. The van der Waals surface area contributed by atoms with Gasteiger partial charge in [-0.3, -0.25) is 14.7 Å². The second kappa shape index (κ2) is 7.19. The maximum Gasteiger partial charge on any atom is 0.237 e. The van der Waals surface area contributed by atoms with Crippen LogP contribution in [0.15, 0.2) is 24.5 Å². The summed E-state index contributed by atoms with van der Waals surface area (Å²) in [5.41, 5.74) is 0.0775. The molecule has 0 radical (unpaired) electrons. The van der Waals surface area contributed by atoms with E-state index in [2.05, 4.69) is 28.6 Å². The molecule has 5 heteroatoms. The van der Waals surface area contributed by atoms with E-state index in [1.807, 2.05) is 12.1 Å². The van der Waals surface area contributed by atoms with Gasteiger partial charge in [0.15, 0.2) is 0 Å². The number of rotatable bonds is 3. The first-order valence-electron chi connectivity index (χ1n) is 9.16. The fourth-order valence-electron chi connectivity index (χ4n) is 4.19. The second-order valence-electron chi connectivity index (χ2n) is 7.48. The van der Waals surface area contributed by atoms with Crippen LogP contribution in [0.3, 0.4) is 0 Å². The Kier molecular flexibility index (Phi) is 5.21. The highest BCUT2D eigenvalue weighted by Crippen LogP contribution is 2.32. The SMILES string of the molecule is C[C@H]1CCC[C@H](C)N1C(=O)CN1CCC(O)(c2cccnc2)CC1. The van der Waals surface area contributed by atoms with Crippen LogP contribution in [0.5, 0.6) is 0 Å². The average Bonchev–Trinajstić information content (AvgIpc) is 2.58.